The molecule has 0 radical (unpaired) electrons. The van der Waals surface area contributed by atoms with Crippen LogP contribution >= 0.6 is 11.8 Å². The molecule has 6 nitrogen and oxygen atoms in total. The lowest BCUT2D eigenvalue weighted by Gasteiger charge is -2.17. The van der Waals surface area contributed by atoms with Crippen LogP contribution in [0.3, 0.4) is 0 Å². The number of aryl methyl sites for hydroxylation is 1. The van der Waals surface area contributed by atoms with Crippen LogP contribution in [0.25, 0.3) is 6.08 Å². The molecule has 0 aliphatic heterocycles. The lowest BCUT2D eigenvalue weighted by atomic mass is 10.1. The Morgan fingerprint density at radius 2 is 1.48 bits per heavy atom. The molecular formula is C33H31N3O3S. The molecule has 1 unspecified atom stereocenters. The van der Waals surface area contributed by atoms with Gasteiger partial charge in [-0.05, 0) is 66.9 Å². The highest BCUT2D eigenvalue weighted by Crippen LogP contribution is 2.29. The minimum absolute atomic E-state index is 0.0760. The first-order valence-corrected chi connectivity index (χ1v) is 13.9. The van der Waals surface area contributed by atoms with Gasteiger partial charge < -0.3 is 16.0 Å². The van der Waals surface area contributed by atoms with E-state index in [4.69, 9.17) is 0 Å². The second kappa shape index (κ2) is 14.0. The largest absolute Gasteiger partial charge is 0.325 e. The Morgan fingerprint density at radius 1 is 0.800 bits per heavy atom. The summed E-state index contributed by atoms with van der Waals surface area (Å²) in [7, 11) is 0. The number of anilines is 2. The third-order valence-electron chi connectivity index (χ3n) is 6.08. The third-order valence-corrected chi connectivity index (χ3v) is 7.43. The second-order valence-corrected chi connectivity index (χ2v) is 10.4. The van der Waals surface area contributed by atoms with Crippen LogP contribution in [-0.2, 0) is 9.59 Å². The standard InChI is InChI=1S/C33H31N3O3S/c1-3-30(33(39)35-28-20-11-10-13-23(28)2)40-27-19-12-18-26(22-27)34-32(38)29(21-24-14-6-4-7-15-24)36-31(37)25-16-8-5-9-17-25/h4-22,30H,3H2,1-2H3,(H,34,38)(H,35,39)(H,36,37)/b29-21-. The first-order chi connectivity index (χ1) is 19.4. The molecule has 3 amide bonds. The van der Waals surface area contributed by atoms with Crippen molar-refractivity contribution in [1.29, 1.82) is 0 Å². The van der Waals surface area contributed by atoms with E-state index in [9.17, 15) is 14.4 Å². The van der Waals surface area contributed by atoms with E-state index in [2.05, 4.69) is 16.0 Å². The summed E-state index contributed by atoms with van der Waals surface area (Å²) in [6.07, 6.45) is 2.27. The van der Waals surface area contributed by atoms with Gasteiger partial charge in [0.1, 0.15) is 5.70 Å². The molecule has 40 heavy (non-hydrogen) atoms. The molecule has 1 atom stereocenters. The highest BCUT2D eigenvalue weighted by Gasteiger charge is 2.20. The van der Waals surface area contributed by atoms with Gasteiger partial charge in [-0.3, -0.25) is 14.4 Å². The minimum Gasteiger partial charge on any atom is -0.325 e. The smallest absolute Gasteiger partial charge is 0.272 e. The third kappa shape index (κ3) is 7.94. The van der Waals surface area contributed by atoms with Crippen LogP contribution in [0.2, 0.25) is 0 Å². The maximum Gasteiger partial charge on any atom is 0.272 e. The Balaban J connectivity index is 1.49. The number of thioether (sulfide) groups is 1. The van der Waals surface area contributed by atoms with E-state index < -0.39 is 5.91 Å². The number of para-hydroxylation sites is 1. The molecule has 0 spiro atoms. The molecule has 0 saturated heterocycles. The summed E-state index contributed by atoms with van der Waals surface area (Å²) in [6, 6.07) is 33.0. The Bertz CT molecular complexity index is 1500. The van der Waals surface area contributed by atoms with Gasteiger partial charge >= 0.3 is 0 Å². The lowest BCUT2D eigenvalue weighted by molar-refractivity contribution is -0.116. The normalized spacial score (nSPS) is 11.8. The average Bonchev–Trinajstić information content (AvgIpc) is 2.98. The maximum atomic E-state index is 13.4. The van der Waals surface area contributed by atoms with Crippen LogP contribution in [0.1, 0.15) is 34.8 Å². The van der Waals surface area contributed by atoms with Gasteiger partial charge in [0.2, 0.25) is 5.91 Å². The Morgan fingerprint density at radius 3 is 2.17 bits per heavy atom. The zero-order valence-corrected chi connectivity index (χ0v) is 23.2. The Labute approximate surface area is 238 Å². The van der Waals surface area contributed by atoms with Crippen LogP contribution in [0, 0.1) is 6.92 Å². The molecular weight excluding hydrogens is 518 g/mol. The summed E-state index contributed by atoms with van der Waals surface area (Å²) in [4.78, 5) is 40.0. The molecule has 0 aromatic heterocycles. The zero-order valence-electron chi connectivity index (χ0n) is 22.4. The van der Waals surface area contributed by atoms with Gasteiger partial charge in [-0.2, -0.15) is 0 Å². The monoisotopic (exact) mass is 549 g/mol. The van der Waals surface area contributed by atoms with E-state index in [1.54, 1.807) is 36.4 Å². The highest BCUT2D eigenvalue weighted by atomic mass is 32.2. The Hall–Kier alpha value is -4.62. The molecule has 0 aliphatic carbocycles. The molecule has 4 rings (SSSR count). The summed E-state index contributed by atoms with van der Waals surface area (Å²) in [5, 5.41) is 8.35. The molecule has 0 aliphatic rings. The van der Waals surface area contributed by atoms with E-state index in [0.29, 0.717) is 17.7 Å². The van der Waals surface area contributed by atoms with Crippen molar-refractivity contribution in [3.05, 3.63) is 132 Å². The quantitative estimate of drug-likeness (QED) is 0.148. The summed E-state index contributed by atoms with van der Waals surface area (Å²) < 4.78 is 0. The van der Waals surface area contributed by atoms with Crippen molar-refractivity contribution in [1.82, 2.24) is 5.32 Å². The van der Waals surface area contributed by atoms with E-state index in [1.807, 2.05) is 92.7 Å². The molecule has 0 bridgehead atoms. The molecule has 0 fully saturated rings. The van der Waals surface area contributed by atoms with Gasteiger partial charge in [0, 0.05) is 21.8 Å². The molecule has 7 heteroatoms. The van der Waals surface area contributed by atoms with Crippen LogP contribution in [-0.4, -0.2) is 23.0 Å². The topological polar surface area (TPSA) is 87.3 Å². The van der Waals surface area contributed by atoms with E-state index in [1.165, 1.54) is 11.8 Å². The molecule has 202 valence electrons. The van der Waals surface area contributed by atoms with E-state index in [0.717, 1.165) is 21.7 Å². The van der Waals surface area contributed by atoms with Crippen molar-refractivity contribution in [3.8, 4) is 0 Å². The molecule has 0 saturated carbocycles. The fourth-order valence-corrected chi connectivity index (χ4v) is 4.93. The van der Waals surface area contributed by atoms with Crippen molar-refractivity contribution >= 4 is 46.9 Å². The zero-order chi connectivity index (χ0) is 28.3. The van der Waals surface area contributed by atoms with Gasteiger partial charge in [0.15, 0.2) is 0 Å². The van der Waals surface area contributed by atoms with E-state index in [-0.39, 0.29) is 22.8 Å². The number of amides is 3. The van der Waals surface area contributed by atoms with Crippen LogP contribution in [0.5, 0.6) is 0 Å². The maximum absolute atomic E-state index is 13.4. The average molecular weight is 550 g/mol. The number of carbonyl (C=O) groups excluding carboxylic acids is 3. The van der Waals surface area contributed by atoms with E-state index >= 15 is 0 Å². The van der Waals surface area contributed by atoms with Crippen molar-refractivity contribution in [2.45, 2.75) is 30.4 Å². The van der Waals surface area contributed by atoms with Crippen molar-refractivity contribution in [3.63, 3.8) is 0 Å². The summed E-state index contributed by atoms with van der Waals surface area (Å²) >= 11 is 1.43. The number of nitrogens with one attached hydrogen (secondary N) is 3. The van der Waals surface area contributed by atoms with Gasteiger partial charge in [0.25, 0.3) is 11.8 Å². The second-order valence-electron chi connectivity index (χ2n) is 9.09. The van der Waals surface area contributed by atoms with Crippen molar-refractivity contribution in [2.24, 2.45) is 0 Å². The summed E-state index contributed by atoms with van der Waals surface area (Å²) in [5.74, 6) is -0.916. The predicted molar refractivity (Wildman–Crippen MR) is 163 cm³/mol. The number of hydrogen-bond acceptors (Lipinski definition) is 4. The van der Waals surface area contributed by atoms with Crippen molar-refractivity contribution < 1.29 is 14.4 Å². The number of hydrogen-bond donors (Lipinski definition) is 3. The summed E-state index contributed by atoms with van der Waals surface area (Å²) in [6.45, 7) is 3.93. The summed E-state index contributed by atoms with van der Waals surface area (Å²) in [5.41, 5.74) is 3.68. The first-order valence-electron chi connectivity index (χ1n) is 13.0. The molecule has 4 aromatic rings. The fourth-order valence-electron chi connectivity index (χ4n) is 3.92. The van der Waals surface area contributed by atoms with Crippen molar-refractivity contribution in [2.75, 3.05) is 10.6 Å². The minimum atomic E-state index is -0.459. The molecule has 3 N–H and O–H groups in total. The van der Waals surface area contributed by atoms with Crippen LogP contribution in [0.4, 0.5) is 11.4 Å². The van der Waals surface area contributed by atoms with Gasteiger partial charge in [-0.15, -0.1) is 11.8 Å². The fraction of sp³-hybridized carbons (Fsp3) is 0.121. The Kier molecular flexibility index (Phi) is 9.91. The molecule has 0 heterocycles. The highest BCUT2D eigenvalue weighted by molar-refractivity contribution is 8.00. The predicted octanol–water partition coefficient (Wildman–Crippen LogP) is 6.91. The lowest BCUT2D eigenvalue weighted by Crippen LogP contribution is -2.30. The van der Waals surface area contributed by atoms with Gasteiger partial charge in [-0.1, -0.05) is 79.7 Å². The van der Waals surface area contributed by atoms with Crippen LogP contribution in [0.15, 0.2) is 120 Å². The molecule has 4 aromatic carbocycles. The number of carbonyl (C=O) groups is 3. The number of benzene rings is 4. The van der Waals surface area contributed by atoms with Gasteiger partial charge in [-0.25, -0.2) is 0 Å². The number of rotatable bonds is 10. The van der Waals surface area contributed by atoms with Gasteiger partial charge in [0.05, 0.1) is 5.25 Å². The first kappa shape index (κ1) is 28.4. The SMILES string of the molecule is CCC(Sc1cccc(NC(=O)/C(=C/c2ccccc2)NC(=O)c2ccccc2)c1)C(=O)Nc1ccccc1C. The van der Waals surface area contributed by atoms with Crippen LogP contribution < -0.4 is 16.0 Å².